The van der Waals surface area contributed by atoms with E-state index in [2.05, 4.69) is 120 Å². The maximum atomic E-state index is 5.04. The maximum Gasteiger partial charge on any atom is 0 e. The molecule has 0 N–H and O–H groups in total. The van der Waals surface area contributed by atoms with Gasteiger partial charge in [0.05, 0.1) is 0 Å². The fourth-order valence-corrected chi connectivity index (χ4v) is 11.5. The minimum Gasteiger partial charge on any atom is -0.663 e. The number of rotatable bonds is 10. The van der Waals surface area contributed by atoms with Crippen LogP contribution in [0.3, 0.4) is 0 Å². The standard InChI is InChI=1S/2C15H28N2Si.Li.Y/c2*1-11-12(2)14(4)15(13(11)3)18(7,8)16-9-10-17(5)6;;/h2*9-10H2,1-8H3;;/q2*-1;;. The van der Waals surface area contributed by atoms with Crippen LogP contribution in [0.2, 0.25) is 26.2 Å². The molecule has 210 valence electrons. The molecular weight excluding hydrogens is 568 g/mol. The van der Waals surface area contributed by atoms with E-state index in [9.17, 15) is 0 Å². The van der Waals surface area contributed by atoms with E-state index >= 15 is 0 Å². The van der Waals surface area contributed by atoms with Gasteiger partial charge in [-0.3, -0.25) is 0 Å². The van der Waals surface area contributed by atoms with E-state index in [1.165, 1.54) is 47.3 Å². The minimum absolute atomic E-state index is 0. The second-order valence-electron chi connectivity index (χ2n) is 12.2. The van der Waals surface area contributed by atoms with Crippen molar-refractivity contribution in [2.75, 3.05) is 54.4 Å². The summed E-state index contributed by atoms with van der Waals surface area (Å²) in [5, 5.41) is 0. The molecular formula is C30H56LiN4Si2Y-2. The summed E-state index contributed by atoms with van der Waals surface area (Å²) in [5.41, 5.74) is 3.13. The molecule has 0 spiro atoms. The minimum atomic E-state index is -1.65. The molecule has 0 unspecified atom stereocenters. The predicted octanol–water partition coefficient (Wildman–Crippen LogP) is 6.88. The van der Waals surface area contributed by atoms with Crippen LogP contribution in [0.5, 0.6) is 0 Å². The van der Waals surface area contributed by atoms with Crippen molar-refractivity contribution in [2.24, 2.45) is 0 Å². The Morgan fingerprint density at radius 2 is 0.684 bits per heavy atom. The third-order valence-electron chi connectivity index (χ3n) is 8.21. The molecule has 2 fully saturated rings. The van der Waals surface area contributed by atoms with Crippen LogP contribution in [0.15, 0.2) is 0 Å². The first-order valence-corrected chi connectivity index (χ1v) is 19.4. The van der Waals surface area contributed by atoms with Gasteiger partial charge in [0.25, 0.3) is 0 Å². The first kappa shape index (κ1) is 42.1. The van der Waals surface area contributed by atoms with Crippen molar-refractivity contribution in [2.45, 2.75) is 81.6 Å². The second kappa shape index (κ2) is 17.9. The number of nitrogens with zero attached hydrogens (tertiary/aromatic N) is 4. The van der Waals surface area contributed by atoms with Crippen LogP contribution < -0.4 is 0 Å². The summed E-state index contributed by atoms with van der Waals surface area (Å²) in [7, 11) is 5.14. The van der Waals surface area contributed by atoms with Gasteiger partial charge in [-0.15, -0.1) is 13.1 Å². The van der Waals surface area contributed by atoms with Crippen molar-refractivity contribution in [3.63, 3.8) is 0 Å². The Balaban J connectivity index is 0. The summed E-state index contributed by atoms with van der Waals surface area (Å²) in [6, 6.07) is 0. The third-order valence-corrected chi connectivity index (χ3v) is 14.2. The van der Waals surface area contributed by atoms with Crippen LogP contribution in [0.1, 0.15) is 55.4 Å². The third kappa shape index (κ3) is 11.2. The van der Waals surface area contributed by atoms with E-state index in [1.807, 2.05) is 0 Å². The average Bonchev–Trinajstić information content (AvgIpc) is 3.06. The molecule has 0 bridgehead atoms. The van der Waals surface area contributed by atoms with Crippen molar-refractivity contribution in [3.05, 3.63) is 68.4 Å². The van der Waals surface area contributed by atoms with Gasteiger partial charge in [-0.25, -0.2) is 0 Å². The Labute approximate surface area is 280 Å². The van der Waals surface area contributed by atoms with Crippen molar-refractivity contribution in [1.29, 1.82) is 0 Å². The van der Waals surface area contributed by atoms with Crippen LogP contribution in [0, 0.1) is 58.4 Å². The molecule has 0 aliphatic heterocycles. The molecule has 0 aromatic heterocycles. The van der Waals surface area contributed by atoms with Crippen LogP contribution in [0.25, 0.3) is 9.96 Å². The predicted molar refractivity (Wildman–Crippen MR) is 172 cm³/mol. The SMILES string of the molecule is C[C]1[C](C)[C](C)[C]([Si](C)(C)[N-]CCN(C)C)[C]1C.C[C]1[C](C)[C](C)[C]([Si](C)(C)[N-]CCN(C)C)[C]1C.[Li].[Y]. The summed E-state index contributed by atoms with van der Waals surface area (Å²) >= 11 is 0. The largest absolute Gasteiger partial charge is 0.663 e. The molecule has 0 aromatic rings. The molecule has 12 radical (unpaired) electrons. The summed E-state index contributed by atoms with van der Waals surface area (Å²) in [6.45, 7) is 31.5. The average molecular weight is 625 g/mol. The van der Waals surface area contributed by atoms with Gasteiger partial charge in [-0.05, 0) is 99.7 Å². The molecule has 0 saturated heterocycles. The van der Waals surface area contributed by atoms with E-state index in [4.69, 9.17) is 9.96 Å². The van der Waals surface area contributed by atoms with E-state index in [0.29, 0.717) is 0 Å². The Morgan fingerprint density at radius 1 is 0.474 bits per heavy atom. The molecule has 2 aliphatic carbocycles. The van der Waals surface area contributed by atoms with E-state index in [1.54, 1.807) is 11.1 Å². The van der Waals surface area contributed by atoms with Crippen LogP contribution in [-0.2, 0) is 32.7 Å². The zero-order valence-corrected chi connectivity index (χ0v) is 33.0. The molecule has 2 rings (SSSR count). The summed E-state index contributed by atoms with van der Waals surface area (Å²) in [4.78, 5) is 14.5. The molecule has 0 aromatic carbocycles. The van der Waals surface area contributed by atoms with Gasteiger partial charge in [0.1, 0.15) is 0 Å². The monoisotopic (exact) mass is 624 g/mol. The van der Waals surface area contributed by atoms with Gasteiger partial charge >= 0.3 is 0 Å². The molecule has 0 amide bonds. The molecule has 8 heteroatoms. The van der Waals surface area contributed by atoms with Crippen LogP contribution in [-0.4, -0.2) is 99.5 Å². The van der Waals surface area contributed by atoms with Gasteiger partial charge < -0.3 is 19.8 Å². The van der Waals surface area contributed by atoms with Gasteiger partial charge in [-0.2, -0.15) is 0 Å². The Morgan fingerprint density at radius 3 is 0.868 bits per heavy atom. The van der Waals surface area contributed by atoms with Crippen molar-refractivity contribution < 1.29 is 32.7 Å². The zero-order valence-electron chi connectivity index (χ0n) is 28.2. The van der Waals surface area contributed by atoms with E-state index < -0.39 is 16.5 Å². The summed E-state index contributed by atoms with van der Waals surface area (Å²) < 4.78 is 0. The summed E-state index contributed by atoms with van der Waals surface area (Å²) in [5.74, 6) is 11.8. The Kier molecular flexibility index (Phi) is 19.9. The van der Waals surface area contributed by atoms with Gasteiger partial charge in [0.15, 0.2) is 0 Å². The van der Waals surface area contributed by atoms with E-state index in [0.717, 1.165) is 26.2 Å². The fourth-order valence-electron chi connectivity index (χ4n) is 5.49. The fraction of sp³-hybridized carbons (Fsp3) is 0.667. The molecule has 0 heterocycles. The van der Waals surface area contributed by atoms with E-state index in [-0.39, 0.29) is 51.6 Å². The zero-order chi connectivity index (χ0) is 28.2. The second-order valence-corrected chi connectivity index (χ2v) is 20.1. The normalized spacial score (nSPS) is 21.3. The molecule has 2 aliphatic rings. The Hall–Kier alpha value is 1.98. The molecule has 0 atom stereocenters. The van der Waals surface area contributed by atoms with Crippen molar-refractivity contribution >= 4 is 35.3 Å². The first-order chi connectivity index (χ1) is 16.4. The maximum absolute atomic E-state index is 5.04. The Bertz CT molecular complexity index is 570. The van der Waals surface area contributed by atoms with Gasteiger partial charge in [0.2, 0.25) is 0 Å². The smallest absolute Gasteiger partial charge is 0 e. The quantitative estimate of drug-likeness (QED) is 0.249. The van der Waals surface area contributed by atoms with Crippen molar-refractivity contribution in [3.8, 4) is 0 Å². The summed E-state index contributed by atoms with van der Waals surface area (Å²) in [6.07, 6.45) is 0. The molecule has 2 saturated carbocycles. The number of likely N-dealkylation sites (N-methyl/N-ethyl adjacent to an activating group) is 2. The first-order valence-electron chi connectivity index (χ1n) is 13.5. The number of hydrogen-bond donors (Lipinski definition) is 0. The van der Waals surface area contributed by atoms with Crippen LogP contribution in [0.4, 0.5) is 0 Å². The van der Waals surface area contributed by atoms with Crippen LogP contribution >= 0.6 is 0 Å². The number of hydrogen-bond acceptors (Lipinski definition) is 2. The molecule has 4 nitrogen and oxygen atoms in total. The van der Waals surface area contributed by atoms with Gasteiger partial charge in [0, 0.05) is 51.6 Å². The topological polar surface area (TPSA) is 34.7 Å². The molecule has 38 heavy (non-hydrogen) atoms. The van der Waals surface area contributed by atoms with Gasteiger partial charge in [-0.1, -0.05) is 98.0 Å². The van der Waals surface area contributed by atoms with Crippen molar-refractivity contribution in [1.82, 2.24) is 9.80 Å².